The molecular formula is C13H25NO2. The summed E-state index contributed by atoms with van der Waals surface area (Å²) in [6.45, 7) is 1.84. The fraction of sp³-hybridized carbons (Fsp3) is 1.00. The normalized spacial score (nSPS) is 33.6. The SMILES string of the molecule is COC1CCCCCC1NC1CCOCC1. The van der Waals surface area contributed by atoms with Crippen LogP contribution in [0, 0.1) is 0 Å². The Morgan fingerprint density at radius 2 is 1.75 bits per heavy atom. The van der Waals surface area contributed by atoms with Crippen LogP contribution < -0.4 is 5.32 Å². The third-order valence-corrected chi connectivity index (χ3v) is 3.93. The summed E-state index contributed by atoms with van der Waals surface area (Å²) in [7, 11) is 1.86. The van der Waals surface area contributed by atoms with Gasteiger partial charge in [0.15, 0.2) is 0 Å². The van der Waals surface area contributed by atoms with E-state index in [9.17, 15) is 0 Å². The minimum atomic E-state index is 0.422. The molecule has 2 atom stereocenters. The first-order chi connectivity index (χ1) is 7.90. The molecule has 1 aliphatic carbocycles. The lowest BCUT2D eigenvalue weighted by molar-refractivity contribution is 0.0389. The lowest BCUT2D eigenvalue weighted by Gasteiger charge is -2.31. The van der Waals surface area contributed by atoms with E-state index in [0.29, 0.717) is 18.2 Å². The highest BCUT2D eigenvalue weighted by molar-refractivity contribution is 4.84. The van der Waals surface area contributed by atoms with Crippen LogP contribution in [0.25, 0.3) is 0 Å². The molecule has 0 spiro atoms. The van der Waals surface area contributed by atoms with E-state index >= 15 is 0 Å². The zero-order valence-corrected chi connectivity index (χ0v) is 10.4. The van der Waals surface area contributed by atoms with E-state index in [1.165, 1.54) is 32.1 Å². The maximum Gasteiger partial charge on any atom is 0.0724 e. The first-order valence-corrected chi connectivity index (χ1v) is 6.76. The average molecular weight is 227 g/mol. The summed E-state index contributed by atoms with van der Waals surface area (Å²) in [5.74, 6) is 0. The quantitative estimate of drug-likeness (QED) is 0.749. The van der Waals surface area contributed by atoms with Gasteiger partial charge in [0.05, 0.1) is 6.10 Å². The highest BCUT2D eigenvalue weighted by Gasteiger charge is 2.26. The molecule has 2 rings (SSSR count). The van der Waals surface area contributed by atoms with Crippen molar-refractivity contribution in [1.82, 2.24) is 5.32 Å². The standard InChI is InChI=1S/C13H25NO2/c1-15-13-6-4-2-3-5-12(13)14-11-7-9-16-10-8-11/h11-14H,2-10H2,1H3. The van der Waals surface area contributed by atoms with Gasteiger partial charge in [-0.05, 0) is 25.7 Å². The van der Waals surface area contributed by atoms with E-state index in [-0.39, 0.29) is 0 Å². The van der Waals surface area contributed by atoms with Gasteiger partial charge >= 0.3 is 0 Å². The molecule has 1 saturated carbocycles. The predicted molar refractivity (Wildman–Crippen MR) is 64.6 cm³/mol. The average Bonchev–Trinajstić information content (AvgIpc) is 2.55. The molecular weight excluding hydrogens is 202 g/mol. The van der Waals surface area contributed by atoms with Gasteiger partial charge in [0.1, 0.15) is 0 Å². The van der Waals surface area contributed by atoms with E-state index in [2.05, 4.69) is 5.32 Å². The smallest absolute Gasteiger partial charge is 0.0724 e. The Bertz CT molecular complexity index is 192. The third-order valence-electron chi connectivity index (χ3n) is 3.93. The van der Waals surface area contributed by atoms with Crippen molar-refractivity contribution in [3.63, 3.8) is 0 Å². The van der Waals surface area contributed by atoms with Crippen LogP contribution in [0.5, 0.6) is 0 Å². The van der Waals surface area contributed by atoms with Crippen LogP contribution in [0.2, 0.25) is 0 Å². The number of hydrogen-bond acceptors (Lipinski definition) is 3. The molecule has 94 valence electrons. The van der Waals surface area contributed by atoms with Gasteiger partial charge in [0.2, 0.25) is 0 Å². The van der Waals surface area contributed by atoms with Crippen LogP contribution in [0.4, 0.5) is 0 Å². The largest absolute Gasteiger partial charge is 0.381 e. The summed E-state index contributed by atoms with van der Waals surface area (Å²) in [6.07, 6.45) is 9.27. The van der Waals surface area contributed by atoms with Gasteiger partial charge in [0, 0.05) is 32.4 Å². The van der Waals surface area contributed by atoms with Crippen molar-refractivity contribution in [2.24, 2.45) is 0 Å². The maximum absolute atomic E-state index is 5.63. The summed E-state index contributed by atoms with van der Waals surface area (Å²) in [5, 5.41) is 3.79. The van der Waals surface area contributed by atoms with Crippen LogP contribution in [0.1, 0.15) is 44.9 Å². The molecule has 2 fully saturated rings. The Morgan fingerprint density at radius 3 is 2.50 bits per heavy atom. The van der Waals surface area contributed by atoms with E-state index < -0.39 is 0 Å². The van der Waals surface area contributed by atoms with Crippen molar-refractivity contribution >= 4 is 0 Å². The summed E-state index contributed by atoms with van der Waals surface area (Å²) in [6, 6.07) is 1.21. The molecule has 0 aromatic heterocycles. The molecule has 1 aliphatic heterocycles. The zero-order valence-electron chi connectivity index (χ0n) is 10.4. The topological polar surface area (TPSA) is 30.5 Å². The highest BCUT2D eigenvalue weighted by atomic mass is 16.5. The van der Waals surface area contributed by atoms with Gasteiger partial charge in [-0.3, -0.25) is 0 Å². The number of ether oxygens (including phenoxy) is 2. The summed E-state index contributed by atoms with van der Waals surface area (Å²) in [4.78, 5) is 0. The Balaban J connectivity index is 1.83. The first-order valence-electron chi connectivity index (χ1n) is 6.76. The Hall–Kier alpha value is -0.120. The van der Waals surface area contributed by atoms with Gasteiger partial charge in [-0.25, -0.2) is 0 Å². The van der Waals surface area contributed by atoms with Gasteiger partial charge in [-0.15, -0.1) is 0 Å². The van der Waals surface area contributed by atoms with E-state index in [1.54, 1.807) is 0 Å². The molecule has 3 nitrogen and oxygen atoms in total. The predicted octanol–water partition coefficient (Wildman–Crippen LogP) is 2.10. The second kappa shape index (κ2) is 6.58. The number of rotatable bonds is 3. The molecule has 0 amide bonds. The van der Waals surface area contributed by atoms with Crippen LogP contribution >= 0.6 is 0 Å². The lowest BCUT2D eigenvalue weighted by Crippen LogP contribution is -2.47. The lowest BCUT2D eigenvalue weighted by atomic mass is 10.0. The van der Waals surface area contributed by atoms with E-state index in [4.69, 9.17) is 9.47 Å². The molecule has 1 saturated heterocycles. The van der Waals surface area contributed by atoms with Gasteiger partial charge < -0.3 is 14.8 Å². The van der Waals surface area contributed by atoms with Crippen LogP contribution in [0.3, 0.4) is 0 Å². The highest BCUT2D eigenvalue weighted by Crippen LogP contribution is 2.21. The van der Waals surface area contributed by atoms with Crippen molar-refractivity contribution in [3.05, 3.63) is 0 Å². The summed E-state index contributed by atoms with van der Waals surface area (Å²) >= 11 is 0. The molecule has 3 heteroatoms. The third kappa shape index (κ3) is 3.44. The Labute approximate surface area is 98.9 Å². The summed E-state index contributed by atoms with van der Waals surface area (Å²) in [5.41, 5.74) is 0. The fourth-order valence-corrected chi connectivity index (χ4v) is 2.91. The second-order valence-corrected chi connectivity index (χ2v) is 5.07. The van der Waals surface area contributed by atoms with Crippen molar-refractivity contribution < 1.29 is 9.47 Å². The summed E-state index contributed by atoms with van der Waals surface area (Å²) < 4.78 is 11.0. The molecule has 0 aromatic carbocycles. The van der Waals surface area contributed by atoms with Crippen molar-refractivity contribution in [2.75, 3.05) is 20.3 Å². The fourth-order valence-electron chi connectivity index (χ4n) is 2.91. The van der Waals surface area contributed by atoms with Crippen molar-refractivity contribution in [1.29, 1.82) is 0 Å². The van der Waals surface area contributed by atoms with Gasteiger partial charge in [-0.2, -0.15) is 0 Å². The molecule has 2 unspecified atom stereocenters. The molecule has 0 aromatic rings. The zero-order chi connectivity index (χ0) is 11.2. The number of nitrogens with one attached hydrogen (secondary N) is 1. The molecule has 0 bridgehead atoms. The monoisotopic (exact) mass is 227 g/mol. The molecule has 2 aliphatic rings. The minimum absolute atomic E-state index is 0.422. The molecule has 1 N–H and O–H groups in total. The van der Waals surface area contributed by atoms with Gasteiger partial charge in [0.25, 0.3) is 0 Å². The molecule has 16 heavy (non-hydrogen) atoms. The van der Waals surface area contributed by atoms with E-state index in [0.717, 1.165) is 26.1 Å². The van der Waals surface area contributed by atoms with Crippen LogP contribution in [-0.2, 0) is 9.47 Å². The Morgan fingerprint density at radius 1 is 1.00 bits per heavy atom. The first kappa shape index (κ1) is 12.3. The molecule has 1 heterocycles. The Kier molecular flexibility index (Phi) is 5.07. The van der Waals surface area contributed by atoms with Gasteiger partial charge in [-0.1, -0.05) is 19.3 Å². The van der Waals surface area contributed by atoms with Crippen molar-refractivity contribution in [2.45, 2.75) is 63.1 Å². The van der Waals surface area contributed by atoms with Crippen molar-refractivity contribution in [3.8, 4) is 0 Å². The molecule has 0 radical (unpaired) electrons. The van der Waals surface area contributed by atoms with E-state index in [1.807, 2.05) is 7.11 Å². The number of hydrogen-bond donors (Lipinski definition) is 1. The number of methoxy groups -OCH3 is 1. The second-order valence-electron chi connectivity index (χ2n) is 5.07. The van der Waals surface area contributed by atoms with Crippen LogP contribution in [0.15, 0.2) is 0 Å². The van der Waals surface area contributed by atoms with Crippen LogP contribution in [-0.4, -0.2) is 38.5 Å². The minimum Gasteiger partial charge on any atom is -0.381 e. The maximum atomic E-state index is 5.63.